The van der Waals surface area contributed by atoms with Crippen LogP contribution in [0.15, 0.2) is 6.20 Å². The minimum absolute atomic E-state index is 0.00171. The van der Waals surface area contributed by atoms with Crippen molar-refractivity contribution in [2.24, 2.45) is 0 Å². The number of methoxy groups -OCH3 is 1. The van der Waals surface area contributed by atoms with Crippen molar-refractivity contribution in [2.75, 3.05) is 26.9 Å². The maximum absolute atomic E-state index is 9.87. The minimum atomic E-state index is -0.526. The van der Waals surface area contributed by atoms with Crippen molar-refractivity contribution in [3.63, 3.8) is 0 Å². The van der Waals surface area contributed by atoms with Gasteiger partial charge in [-0.3, -0.25) is 0 Å². The summed E-state index contributed by atoms with van der Waals surface area (Å²) in [5.41, 5.74) is 0. The molecule has 0 fully saturated rings. The van der Waals surface area contributed by atoms with Crippen molar-refractivity contribution in [3.8, 4) is 0 Å². The summed E-state index contributed by atoms with van der Waals surface area (Å²) in [5.74, 6) is 0. The highest BCUT2D eigenvalue weighted by atomic mass is 32.1. The Labute approximate surface area is 125 Å². The summed E-state index contributed by atoms with van der Waals surface area (Å²) >= 11 is 1.71. The summed E-state index contributed by atoms with van der Waals surface area (Å²) in [6, 6.07) is 0.145. The van der Waals surface area contributed by atoms with Crippen LogP contribution in [0.1, 0.15) is 36.7 Å². The first-order valence-electron chi connectivity index (χ1n) is 7.03. The van der Waals surface area contributed by atoms with Gasteiger partial charge in [-0.1, -0.05) is 6.92 Å². The topological polar surface area (TPSA) is 63.6 Å². The van der Waals surface area contributed by atoms with Crippen LogP contribution in [-0.2, 0) is 15.9 Å². The van der Waals surface area contributed by atoms with Crippen LogP contribution in [0.4, 0.5) is 0 Å². The maximum Gasteiger partial charge on any atom is 0.109 e. The molecule has 0 aliphatic rings. The van der Waals surface area contributed by atoms with Crippen LogP contribution in [0.2, 0.25) is 0 Å². The highest BCUT2D eigenvalue weighted by Crippen LogP contribution is 2.19. The molecular formula is C14H26N2O3S. The molecule has 6 heteroatoms. The van der Waals surface area contributed by atoms with Gasteiger partial charge in [0.05, 0.1) is 31.5 Å². The smallest absolute Gasteiger partial charge is 0.109 e. The van der Waals surface area contributed by atoms with Gasteiger partial charge in [0, 0.05) is 24.7 Å². The molecule has 0 spiro atoms. The Bertz CT molecular complexity index is 373. The number of hydrogen-bond acceptors (Lipinski definition) is 6. The molecule has 2 N–H and O–H groups in total. The van der Waals surface area contributed by atoms with Gasteiger partial charge in [0.15, 0.2) is 0 Å². The molecule has 1 heterocycles. The molecule has 0 aliphatic heterocycles. The van der Waals surface area contributed by atoms with Crippen LogP contribution >= 0.6 is 11.3 Å². The Morgan fingerprint density at radius 2 is 2.15 bits per heavy atom. The second-order valence-corrected chi connectivity index (χ2v) is 6.05. The van der Waals surface area contributed by atoms with E-state index in [4.69, 9.17) is 9.47 Å². The first-order chi connectivity index (χ1) is 9.56. The minimum Gasteiger partial charge on any atom is -0.389 e. The number of hydrogen-bond donors (Lipinski definition) is 2. The third-order valence-corrected chi connectivity index (χ3v) is 4.25. The quantitative estimate of drug-likeness (QED) is 0.689. The Hall–Kier alpha value is -0.530. The van der Waals surface area contributed by atoms with Gasteiger partial charge in [0.25, 0.3) is 0 Å². The number of thiazole rings is 1. The van der Waals surface area contributed by atoms with E-state index in [0.717, 1.165) is 11.4 Å². The fraction of sp³-hybridized carbons (Fsp3) is 0.786. The monoisotopic (exact) mass is 302 g/mol. The maximum atomic E-state index is 9.87. The highest BCUT2D eigenvalue weighted by Gasteiger charge is 2.13. The number of aliphatic hydroxyl groups excluding tert-OH is 1. The zero-order chi connectivity index (χ0) is 15.0. The van der Waals surface area contributed by atoms with E-state index in [1.807, 2.05) is 13.1 Å². The van der Waals surface area contributed by atoms with Crippen molar-refractivity contribution >= 4 is 11.3 Å². The van der Waals surface area contributed by atoms with Crippen molar-refractivity contribution in [1.29, 1.82) is 0 Å². The van der Waals surface area contributed by atoms with Crippen molar-refractivity contribution < 1.29 is 14.6 Å². The molecule has 1 aromatic heterocycles. The Morgan fingerprint density at radius 1 is 1.40 bits per heavy atom. The van der Waals surface area contributed by atoms with E-state index in [9.17, 15) is 5.11 Å². The van der Waals surface area contributed by atoms with E-state index in [-0.39, 0.29) is 12.1 Å². The second-order valence-electron chi connectivity index (χ2n) is 4.90. The van der Waals surface area contributed by atoms with Gasteiger partial charge < -0.3 is 19.9 Å². The predicted molar refractivity (Wildman–Crippen MR) is 81.2 cm³/mol. The molecule has 0 saturated heterocycles. The number of aliphatic hydroxyl groups is 1. The number of aromatic nitrogens is 1. The lowest BCUT2D eigenvalue weighted by Crippen LogP contribution is -2.33. The lowest BCUT2D eigenvalue weighted by atomic mass is 10.3. The van der Waals surface area contributed by atoms with Crippen LogP contribution in [0.25, 0.3) is 0 Å². The van der Waals surface area contributed by atoms with Gasteiger partial charge in [-0.15, -0.1) is 11.3 Å². The first-order valence-corrected chi connectivity index (χ1v) is 7.85. The van der Waals surface area contributed by atoms with E-state index in [1.165, 1.54) is 4.88 Å². The standard InChI is InChI=1S/C14H26N2O3S/c1-5-13-7-16-14(20-13)11(3)15-6-12(17)9-19-10(2)8-18-4/h7,10-12,15,17H,5-6,8-9H2,1-4H3. The molecule has 1 rings (SSSR count). The number of ether oxygens (including phenoxy) is 2. The molecule has 0 bridgehead atoms. The number of aryl methyl sites for hydroxylation is 1. The predicted octanol–water partition coefficient (Wildman–Crippen LogP) is 1.77. The fourth-order valence-corrected chi connectivity index (χ4v) is 2.59. The fourth-order valence-electron chi connectivity index (χ4n) is 1.70. The molecule has 116 valence electrons. The van der Waals surface area contributed by atoms with Crippen LogP contribution in [0.3, 0.4) is 0 Å². The number of nitrogens with one attached hydrogen (secondary N) is 1. The Balaban J connectivity index is 2.24. The molecule has 0 saturated carbocycles. The molecule has 0 aromatic carbocycles. The van der Waals surface area contributed by atoms with Gasteiger partial charge in [-0.25, -0.2) is 4.98 Å². The summed E-state index contributed by atoms with van der Waals surface area (Å²) in [6.45, 7) is 7.44. The summed E-state index contributed by atoms with van der Waals surface area (Å²) < 4.78 is 10.5. The molecule has 1 aromatic rings. The van der Waals surface area contributed by atoms with Gasteiger partial charge >= 0.3 is 0 Å². The number of nitrogens with zero attached hydrogens (tertiary/aromatic N) is 1. The molecule has 3 atom stereocenters. The summed E-state index contributed by atoms with van der Waals surface area (Å²) in [4.78, 5) is 5.67. The SMILES string of the molecule is CCc1cnc(C(C)NCC(O)COC(C)COC)s1. The van der Waals surface area contributed by atoms with E-state index >= 15 is 0 Å². The van der Waals surface area contributed by atoms with E-state index < -0.39 is 6.10 Å². The van der Waals surface area contributed by atoms with Crippen LogP contribution in [-0.4, -0.2) is 49.2 Å². The molecule has 3 unspecified atom stereocenters. The van der Waals surface area contributed by atoms with Crippen molar-refractivity contribution in [2.45, 2.75) is 45.4 Å². The Morgan fingerprint density at radius 3 is 2.75 bits per heavy atom. The molecule has 0 aliphatic carbocycles. The molecule has 0 radical (unpaired) electrons. The van der Waals surface area contributed by atoms with Crippen molar-refractivity contribution in [1.82, 2.24) is 10.3 Å². The first kappa shape index (κ1) is 17.5. The zero-order valence-corrected chi connectivity index (χ0v) is 13.6. The summed E-state index contributed by atoms with van der Waals surface area (Å²) in [7, 11) is 1.64. The molecular weight excluding hydrogens is 276 g/mol. The summed E-state index contributed by atoms with van der Waals surface area (Å²) in [6.07, 6.45) is 2.41. The van der Waals surface area contributed by atoms with Gasteiger partial charge in [-0.2, -0.15) is 0 Å². The summed E-state index contributed by atoms with van der Waals surface area (Å²) in [5, 5.41) is 14.2. The van der Waals surface area contributed by atoms with E-state index in [2.05, 4.69) is 24.1 Å². The zero-order valence-electron chi connectivity index (χ0n) is 12.8. The third-order valence-electron chi connectivity index (χ3n) is 2.92. The van der Waals surface area contributed by atoms with Gasteiger partial charge in [0.1, 0.15) is 5.01 Å². The van der Waals surface area contributed by atoms with Crippen LogP contribution in [0.5, 0.6) is 0 Å². The molecule has 20 heavy (non-hydrogen) atoms. The van der Waals surface area contributed by atoms with E-state index in [1.54, 1.807) is 18.4 Å². The third kappa shape index (κ3) is 6.28. The molecule has 5 nitrogen and oxygen atoms in total. The van der Waals surface area contributed by atoms with Gasteiger partial charge in [-0.05, 0) is 20.3 Å². The van der Waals surface area contributed by atoms with Gasteiger partial charge in [0.2, 0.25) is 0 Å². The number of rotatable bonds is 10. The Kier molecular flexibility index (Phi) is 8.25. The second kappa shape index (κ2) is 9.41. The lowest BCUT2D eigenvalue weighted by molar-refractivity contribution is -0.0315. The normalized spacial score (nSPS) is 16.1. The van der Waals surface area contributed by atoms with Crippen LogP contribution < -0.4 is 5.32 Å². The lowest BCUT2D eigenvalue weighted by Gasteiger charge is -2.18. The van der Waals surface area contributed by atoms with E-state index in [0.29, 0.717) is 19.8 Å². The van der Waals surface area contributed by atoms with Crippen LogP contribution in [0, 0.1) is 0 Å². The highest BCUT2D eigenvalue weighted by molar-refractivity contribution is 7.11. The molecule has 0 amide bonds. The largest absolute Gasteiger partial charge is 0.389 e. The average Bonchev–Trinajstić information content (AvgIpc) is 2.91. The average molecular weight is 302 g/mol. The van der Waals surface area contributed by atoms with Crippen molar-refractivity contribution in [3.05, 3.63) is 16.1 Å².